The van der Waals surface area contributed by atoms with Crippen LogP contribution in [0, 0.1) is 13.8 Å². The largest absolute Gasteiger partial charge is 0.478 e. The highest BCUT2D eigenvalue weighted by Crippen LogP contribution is 2.38. The number of nitrogens with two attached hydrogens (primary N) is 1. The number of carbonyl (C=O) groups is 3. The maximum absolute atomic E-state index is 14.3. The molecule has 2 atom stereocenters. The maximum atomic E-state index is 14.3. The molecular formula is C28H28N4O4S. The number of fused-ring (bicyclic) bond motifs is 1. The normalized spacial score (nSPS) is 15.9. The standard InChI is InChI=1S/C28H28N4O4S/c1-16-13-14-22(23(17(16)2)28(35)36)32-21-12-8-7-11-19(21)24(18-9-5-4-6-10-18)30-25(27(32)34)31(3)26(33)20(29)15-37/h4-14,20,25,37H,15,29H2,1-3H3,(H,35,36). The van der Waals surface area contributed by atoms with Gasteiger partial charge < -0.3 is 15.7 Å². The predicted molar refractivity (Wildman–Crippen MR) is 147 cm³/mol. The number of anilines is 2. The number of thiol groups is 1. The van der Waals surface area contributed by atoms with E-state index in [1.165, 1.54) is 16.8 Å². The topological polar surface area (TPSA) is 116 Å². The fraction of sp³-hybridized carbons (Fsp3) is 0.214. The fourth-order valence-corrected chi connectivity index (χ4v) is 4.55. The summed E-state index contributed by atoms with van der Waals surface area (Å²) >= 11 is 4.14. The molecule has 0 saturated heterocycles. The predicted octanol–water partition coefficient (Wildman–Crippen LogP) is 3.56. The van der Waals surface area contributed by atoms with E-state index in [0.717, 1.165) is 11.1 Å². The fourth-order valence-electron chi connectivity index (χ4n) is 4.39. The number of rotatable bonds is 6. The second-order valence-corrected chi connectivity index (χ2v) is 9.22. The van der Waals surface area contributed by atoms with Crippen molar-refractivity contribution in [1.82, 2.24) is 4.90 Å². The van der Waals surface area contributed by atoms with E-state index in [4.69, 9.17) is 10.7 Å². The smallest absolute Gasteiger partial charge is 0.338 e. The summed E-state index contributed by atoms with van der Waals surface area (Å²) < 4.78 is 0. The van der Waals surface area contributed by atoms with Crippen molar-refractivity contribution >= 4 is 47.5 Å². The number of hydrogen-bond donors (Lipinski definition) is 3. The van der Waals surface area contributed by atoms with Crippen LogP contribution in [-0.2, 0) is 9.59 Å². The molecule has 0 saturated carbocycles. The van der Waals surface area contributed by atoms with Crippen molar-refractivity contribution in [3.05, 3.63) is 94.5 Å². The van der Waals surface area contributed by atoms with Crippen LogP contribution in [0.25, 0.3) is 0 Å². The van der Waals surface area contributed by atoms with Crippen molar-refractivity contribution in [2.24, 2.45) is 10.7 Å². The number of carboxylic acid groups (broad SMARTS) is 1. The number of carbonyl (C=O) groups excluding carboxylic acids is 2. The van der Waals surface area contributed by atoms with Crippen LogP contribution in [0.3, 0.4) is 0 Å². The number of likely N-dealkylation sites (N-methyl/N-ethyl adjacent to an activating group) is 1. The molecule has 3 aromatic rings. The molecule has 2 amide bonds. The van der Waals surface area contributed by atoms with E-state index < -0.39 is 30.0 Å². The van der Waals surface area contributed by atoms with E-state index in [0.29, 0.717) is 22.5 Å². The number of para-hydroxylation sites is 1. The van der Waals surface area contributed by atoms with Gasteiger partial charge in [0, 0.05) is 23.9 Å². The van der Waals surface area contributed by atoms with Gasteiger partial charge in [-0.05, 0) is 37.1 Å². The zero-order chi connectivity index (χ0) is 26.9. The first kappa shape index (κ1) is 26.1. The van der Waals surface area contributed by atoms with Crippen LogP contribution in [0.5, 0.6) is 0 Å². The van der Waals surface area contributed by atoms with Gasteiger partial charge in [0.1, 0.15) is 0 Å². The van der Waals surface area contributed by atoms with Gasteiger partial charge in [-0.2, -0.15) is 12.6 Å². The van der Waals surface area contributed by atoms with Gasteiger partial charge >= 0.3 is 5.97 Å². The number of benzene rings is 3. The summed E-state index contributed by atoms with van der Waals surface area (Å²) in [6, 6.07) is 18.9. The van der Waals surface area contributed by atoms with Gasteiger partial charge in [-0.1, -0.05) is 54.6 Å². The van der Waals surface area contributed by atoms with Crippen LogP contribution in [0.2, 0.25) is 0 Å². The number of nitrogens with zero attached hydrogens (tertiary/aromatic N) is 3. The van der Waals surface area contributed by atoms with Crippen LogP contribution in [0.4, 0.5) is 11.4 Å². The second-order valence-electron chi connectivity index (χ2n) is 8.85. The van der Waals surface area contributed by atoms with E-state index in [9.17, 15) is 19.5 Å². The van der Waals surface area contributed by atoms with Gasteiger partial charge in [0.25, 0.3) is 5.91 Å². The summed E-state index contributed by atoms with van der Waals surface area (Å²) in [6.45, 7) is 3.52. The Bertz CT molecular complexity index is 1410. The molecule has 0 bridgehead atoms. The van der Waals surface area contributed by atoms with E-state index >= 15 is 0 Å². The van der Waals surface area contributed by atoms with Crippen LogP contribution in [0.1, 0.15) is 32.6 Å². The van der Waals surface area contributed by atoms with Crippen LogP contribution < -0.4 is 10.6 Å². The van der Waals surface area contributed by atoms with Crippen LogP contribution in [-0.4, -0.2) is 58.5 Å². The number of carboxylic acids is 1. The summed E-state index contributed by atoms with van der Waals surface area (Å²) in [4.78, 5) is 47.1. The Balaban J connectivity index is 2.03. The molecular weight excluding hydrogens is 488 g/mol. The zero-order valence-electron chi connectivity index (χ0n) is 20.8. The Hall–Kier alpha value is -3.95. The molecule has 9 heteroatoms. The molecule has 3 aromatic carbocycles. The molecule has 2 unspecified atom stereocenters. The molecule has 0 radical (unpaired) electrons. The molecule has 0 aromatic heterocycles. The SMILES string of the molecule is Cc1ccc(N2C(=O)C(N(C)C(=O)C(N)CS)N=C(c3ccccc3)c3ccccc32)c(C(=O)O)c1C. The quantitative estimate of drug-likeness (QED) is 0.433. The Morgan fingerprint density at radius 3 is 2.35 bits per heavy atom. The van der Waals surface area contributed by atoms with Gasteiger partial charge in [0.05, 0.1) is 28.7 Å². The Kier molecular flexibility index (Phi) is 7.47. The monoisotopic (exact) mass is 516 g/mol. The van der Waals surface area contributed by atoms with Gasteiger partial charge in [-0.25, -0.2) is 9.79 Å². The molecule has 4 rings (SSSR count). The van der Waals surface area contributed by atoms with Crippen molar-refractivity contribution in [3.8, 4) is 0 Å². The van der Waals surface area contributed by atoms with Crippen molar-refractivity contribution in [3.63, 3.8) is 0 Å². The molecule has 1 aliphatic heterocycles. The number of benzodiazepines with no additional fused rings is 1. The first-order chi connectivity index (χ1) is 17.7. The molecule has 3 N–H and O–H groups in total. The minimum Gasteiger partial charge on any atom is -0.478 e. The third-order valence-corrected chi connectivity index (χ3v) is 6.93. The van der Waals surface area contributed by atoms with Gasteiger partial charge in [0.2, 0.25) is 12.1 Å². The van der Waals surface area contributed by atoms with E-state index in [1.54, 1.807) is 31.2 Å². The molecule has 0 fully saturated rings. The van der Waals surface area contributed by atoms with Crippen molar-refractivity contribution < 1.29 is 19.5 Å². The molecule has 190 valence electrons. The Morgan fingerprint density at radius 1 is 1.05 bits per heavy atom. The minimum atomic E-state index is -1.30. The summed E-state index contributed by atoms with van der Waals surface area (Å²) in [6.07, 6.45) is -1.30. The highest BCUT2D eigenvalue weighted by atomic mass is 32.1. The summed E-state index contributed by atoms with van der Waals surface area (Å²) in [5.74, 6) is -2.16. The lowest BCUT2D eigenvalue weighted by atomic mass is 9.97. The lowest BCUT2D eigenvalue weighted by Crippen LogP contribution is -2.52. The Morgan fingerprint density at radius 2 is 1.70 bits per heavy atom. The van der Waals surface area contributed by atoms with Crippen molar-refractivity contribution in [2.45, 2.75) is 26.1 Å². The first-order valence-electron chi connectivity index (χ1n) is 11.7. The van der Waals surface area contributed by atoms with Gasteiger partial charge in [-0.3, -0.25) is 14.5 Å². The molecule has 8 nitrogen and oxygen atoms in total. The first-order valence-corrected chi connectivity index (χ1v) is 12.3. The van der Waals surface area contributed by atoms with E-state index in [1.807, 2.05) is 49.4 Å². The Labute approximate surface area is 220 Å². The summed E-state index contributed by atoms with van der Waals surface area (Å²) in [7, 11) is 1.47. The third-order valence-electron chi connectivity index (χ3n) is 6.54. The molecule has 1 aliphatic rings. The van der Waals surface area contributed by atoms with Crippen LogP contribution >= 0.6 is 12.6 Å². The molecule has 0 spiro atoms. The summed E-state index contributed by atoms with van der Waals surface area (Å²) in [5.41, 5.74) is 9.81. The second kappa shape index (κ2) is 10.6. The molecule has 0 aliphatic carbocycles. The zero-order valence-corrected chi connectivity index (χ0v) is 21.6. The number of aliphatic imine (C=N–C) groups is 1. The molecule has 1 heterocycles. The van der Waals surface area contributed by atoms with Gasteiger partial charge in [-0.15, -0.1) is 0 Å². The van der Waals surface area contributed by atoms with E-state index in [-0.39, 0.29) is 17.0 Å². The lowest BCUT2D eigenvalue weighted by molar-refractivity contribution is -0.137. The van der Waals surface area contributed by atoms with Crippen molar-refractivity contribution in [1.29, 1.82) is 0 Å². The number of aryl methyl sites for hydroxylation is 1. The highest BCUT2D eigenvalue weighted by Gasteiger charge is 2.39. The van der Waals surface area contributed by atoms with E-state index in [2.05, 4.69) is 12.6 Å². The number of amides is 2. The maximum Gasteiger partial charge on any atom is 0.338 e. The third kappa shape index (κ3) is 4.75. The minimum absolute atomic E-state index is 0.00565. The summed E-state index contributed by atoms with van der Waals surface area (Å²) in [5, 5.41) is 10.1. The van der Waals surface area contributed by atoms with Gasteiger partial charge in [0.15, 0.2) is 0 Å². The lowest BCUT2D eigenvalue weighted by Gasteiger charge is -2.31. The van der Waals surface area contributed by atoms with Crippen molar-refractivity contribution in [2.75, 3.05) is 17.7 Å². The number of aromatic carboxylic acids is 1. The van der Waals surface area contributed by atoms with Crippen LogP contribution in [0.15, 0.2) is 71.7 Å². The highest BCUT2D eigenvalue weighted by molar-refractivity contribution is 7.80. The average molecular weight is 517 g/mol. The number of hydrogen-bond acceptors (Lipinski definition) is 6. The average Bonchev–Trinajstić information content (AvgIpc) is 3.03. The molecule has 37 heavy (non-hydrogen) atoms.